The van der Waals surface area contributed by atoms with Crippen molar-refractivity contribution in [3.05, 3.63) is 58.8 Å². The fourth-order valence-electron chi connectivity index (χ4n) is 2.90. The summed E-state index contributed by atoms with van der Waals surface area (Å²) in [6.45, 7) is 1.33. The van der Waals surface area contributed by atoms with Gasteiger partial charge in [-0.2, -0.15) is 4.31 Å². The highest BCUT2D eigenvalue weighted by atomic mass is 79.9. The maximum Gasteiger partial charge on any atom is 0.243 e. The smallest absolute Gasteiger partial charge is 0.243 e. The highest BCUT2D eigenvalue weighted by Crippen LogP contribution is 2.22. The fourth-order valence-corrected chi connectivity index (χ4v) is 5.76. The number of carbonyl (C=O) groups excluding carboxylic acids is 1. The third kappa shape index (κ3) is 5.34. The van der Waals surface area contributed by atoms with E-state index in [1.165, 1.54) is 28.2 Å². The van der Waals surface area contributed by atoms with E-state index >= 15 is 0 Å². The molecular weight excluding hydrogens is 467 g/mol. The summed E-state index contributed by atoms with van der Waals surface area (Å²) < 4.78 is 40.5. The van der Waals surface area contributed by atoms with Gasteiger partial charge in [0.05, 0.1) is 4.90 Å². The number of nitrogens with zero attached hydrogens (tertiary/aromatic N) is 2. The van der Waals surface area contributed by atoms with E-state index in [-0.39, 0.29) is 29.7 Å². The van der Waals surface area contributed by atoms with Crippen LogP contribution in [0.2, 0.25) is 0 Å². The van der Waals surface area contributed by atoms with Crippen molar-refractivity contribution in [3.63, 3.8) is 0 Å². The van der Waals surface area contributed by atoms with Crippen LogP contribution in [0.1, 0.15) is 6.42 Å². The summed E-state index contributed by atoms with van der Waals surface area (Å²) in [6, 6.07) is 12.8. The molecule has 1 aliphatic heterocycles. The lowest BCUT2D eigenvalue weighted by atomic mass is 10.3. The van der Waals surface area contributed by atoms with Crippen molar-refractivity contribution in [2.75, 3.05) is 31.9 Å². The topological polar surface area (TPSA) is 57.7 Å². The minimum absolute atomic E-state index is 0.00844. The second-order valence-electron chi connectivity index (χ2n) is 6.29. The van der Waals surface area contributed by atoms with Gasteiger partial charge in [0.1, 0.15) is 5.82 Å². The molecule has 2 aromatic carbocycles. The molecule has 1 saturated heterocycles. The van der Waals surface area contributed by atoms with E-state index in [9.17, 15) is 17.6 Å². The Morgan fingerprint density at radius 3 is 2.39 bits per heavy atom. The Hall–Kier alpha value is -1.42. The van der Waals surface area contributed by atoms with Gasteiger partial charge >= 0.3 is 0 Å². The molecule has 0 radical (unpaired) electrons. The zero-order valence-corrected chi connectivity index (χ0v) is 18.3. The van der Waals surface area contributed by atoms with E-state index < -0.39 is 10.0 Å². The van der Waals surface area contributed by atoms with Crippen LogP contribution in [-0.2, 0) is 14.8 Å². The quantitative estimate of drug-likeness (QED) is 0.585. The first-order chi connectivity index (χ1) is 13.4. The molecule has 0 saturated carbocycles. The van der Waals surface area contributed by atoms with Crippen LogP contribution in [0.25, 0.3) is 0 Å². The van der Waals surface area contributed by atoms with E-state index in [2.05, 4.69) is 15.9 Å². The molecule has 0 bridgehead atoms. The Kier molecular flexibility index (Phi) is 7.14. The first-order valence-corrected chi connectivity index (χ1v) is 12.0. The van der Waals surface area contributed by atoms with Gasteiger partial charge in [-0.15, -0.1) is 11.8 Å². The summed E-state index contributed by atoms with van der Waals surface area (Å²) in [7, 11) is -3.56. The largest absolute Gasteiger partial charge is 0.340 e. The summed E-state index contributed by atoms with van der Waals surface area (Å²) in [6.07, 6.45) is 0.362. The minimum atomic E-state index is -3.56. The predicted octanol–water partition coefficient (Wildman–Crippen LogP) is 3.60. The third-order valence-electron chi connectivity index (χ3n) is 4.42. The first-order valence-electron chi connectivity index (χ1n) is 8.78. The lowest BCUT2D eigenvalue weighted by Crippen LogP contribution is -2.50. The number of halogens is 2. The van der Waals surface area contributed by atoms with Gasteiger partial charge in [0, 0.05) is 47.7 Å². The molecule has 2 aromatic rings. The van der Waals surface area contributed by atoms with Crippen molar-refractivity contribution in [2.24, 2.45) is 0 Å². The Bertz CT molecular complexity index is 930. The summed E-state index contributed by atoms with van der Waals surface area (Å²) in [5.74, 6) is 0.325. The van der Waals surface area contributed by atoms with Crippen LogP contribution in [-0.4, -0.2) is 55.5 Å². The van der Waals surface area contributed by atoms with Gasteiger partial charge in [0.2, 0.25) is 15.9 Å². The van der Waals surface area contributed by atoms with Gasteiger partial charge in [0.15, 0.2) is 0 Å². The summed E-state index contributed by atoms with van der Waals surface area (Å²) in [4.78, 5) is 15.3. The number of piperazine rings is 1. The molecule has 0 aromatic heterocycles. The standard InChI is InChI=1S/C19H20BrFN2O3S2/c20-15-2-1-3-18(14-15)28(25,26)23-11-9-22(10-12-23)19(24)8-13-27-17-6-4-16(21)5-7-17/h1-7,14H,8-13H2. The second-order valence-corrected chi connectivity index (χ2v) is 10.3. The van der Waals surface area contributed by atoms with Crippen LogP contribution in [0.5, 0.6) is 0 Å². The lowest BCUT2D eigenvalue weighted by Gasteiger charge is -2.34. The molecule has 28 heavy (non-hydrogen) atoms. The molecule has 1 heterocycles. The van der Waals surface area contributed by atoms with Gasteiger partial charge in [-0.05, 0) is 42.5 Å². The molecular formula is C19H20BrFN2O3S2. The Labute approximate surface area is 177 Å². The van der Waals surface area contributed by atoms with E-state index in [1.54, 1.807) is 41.3 Å². The van der Waals surface area contributed by atoms with Gasteiger partial charge in [-0.1, -0.05) is 22.0 Å². The fraction of sp³-hybridized carbons (Fsp3) is 0.316. The number of sulfonamides is 1. The summed E-state index contributed by atoms with van der Waals surface area (Å²) in [5.41, 5.74) is 0. The van der Waals surface area contributed by atoms with E-state index in [1.807, 2.05) is 0 Å². The van der Waals surface area contributed by atoms with Crippen molar-refractivity contribution < 1.29 is 17.6 Å². The number of hydrogen-bond acceptors (Lipinski definition) is 4. The zero-order chi connectivity index (χ0) is 20.1. The van der Waals surface area contributed by atoms with Crippen LogP contribution in [0.4, 0.5) is 4.39 Å². The SMILES string of the molecule is O=C(CCSc1ccc(F)cc1)N1CCN(S(=O)(=O)c2cccc(Br)c2)CC1. The van der Waals surface area contributed by atoms with Gasteiger partial charge in [-0.3, -0.25) is 4.79 Å². The van der Waals surface area contributed by atoms with E-state index in [0.29, 0.717) is 29.7 Å². The number of thioether (sulfide) groups is 1. The van der Waals surface area contributed by atoms with E-state index in [4.69, 9.17) is 0 Å². The molecule has 0 aliphatic carbocycles. The average Bonchev–Trinajstić information content (AvgIpc) is 2.69. The molecule has 5 nitrogen and oxygen atoms in total. The molecule has 1 fully saturated rings. The predicted molar refractivity (Wildman–Crippen MR) is 111 cm³/mol. The van der Waals surface area contributed by atoms with Crippen LogP contribution in [0, 0.1) is 5.82 Å². The van der Waals surface area contributed by atoms with Crippen LogP contribution < -0.4 is 0 Å². The van der Waals surface area contributed by atoms with Gasteiger partial charge < -0.3 is 4.90 Å². The van der Waals surface area contributed by atoms with Gasteiger partial charge in [0.25, 0.3) is 0 Å². The zero-order valence-electron chi connectivity index (χ0n) is 15.1. The number of amides is 1. The monoisotopic (exact) mass is 486 g/mol. The molecule has 1 aliphatic rings. The van der Waals surface area contributed by atoms with E-state index in [0.717, 1.165) is 4.90 Å². The number of benzene rings is 2. The Balaban J connectivity index is 1.49. The summed E-state index contributed by atoms with van der Waals surface area (Å²) in [5, 5.41) is 0. The third-order valence-corrected chi connectivity index (χ3v) is 7.83. The first kappa shape index (κ1) is 21.3. The molecule has 3 rings (SSSR count). The molecule has 9 heteroatoms. The molecule has 150 valence electrons. The van der Waals surface area contributed by atoms with Crippen LogP contribution in [0.15, 0.2) is 62.8 Å². The van der Waals surface area contributed by atoms with Crippen LogP contribution in [0.3, 0.4) is 0 Å². The maximum atomic E-state index is 12.9. The summed E-state index contributed by atoms with van der Waals surface area (Å²) >= 11 is 4.80. The number of rotatable bonds is 6. The van der Waals surface area contributed by atoms with Crippen LogP contribution >= 0.6 is 27.7 Å². The molecule has 0 unspecified atom stereocenters. The van der Waals surface area contributed by atoms with Crippen molar-refractivity contribution in [3.8, 4) is 0 Å². The normalized spacial score (nSPS) is 15.6. The number of carbonyl (C=O) groups is 1. The minimum Gasteiger partial charge on any atom is -0.340 e. The molecule has 1 amide bonds. The van der Waals surface area contributed by atoms with Crippen molar-refractivity contribution in [2.45, 2.75) is 16.2 Å². The number of hydrogen-bond donors (Lipinski definition) is 0. The molecule has 0 N–H and O–H groups in total. The maximum absolute atomic E-state index is 12.9. The average molecular weight is 487 g/mol. The Morgan fingerprint density at radius 1 is 1.07 bits per heavy atom. The Morgan fingerprint density at radius 2 is 1.75 bits per heavy atom. The lowest BCUT2D eigenvalue weighted by molar-refractivity contribution is -0.131. The highest BCUT2D eigenvalue weighted by molar-refractivity contribution is 9.10. The molecule has 0 spiro atoms. The highest BCUT2D eigenvalue weighted by Gasteiger charge is 2.30. The van der Waals surface area contributed by atoms with Crippen molar-refractivity contribution in [1.29, 1.82) is 0 Å². The van der Waals surface area contributed by atoms with Crippen molar-refractivity contribution >= 4 is 43.6 Å². The van der Waals surface area contributed by atoms with Gasteiger partial charge in [-0.25, -0.2) is 12.8 Å². The molecule has 0 atom stereocenters. The second kappa shape index (κ2) is 9.39. The van der Waals surface area contributed by atoms with Crippen molar-refractivity contribution in [1.82, 2.24) is 9.21 Å².